The van der Waals surface area contributed by atoms with Gasteiger partial charge in [0, 0.05) is 24.7 Å². The molecule has 0 aliphatic heterocycles. The number of phenolic OH excluding ortho intramolecular Hbond substituents is 2. The maximum absolute atomic E-state index is 12.2. The lowest BCUT2D eigenvalue weighted by atomic mass is 10.0. The fourth-order valence-electron chi connectivity index (χ4n) is 2.35. The number of rotatable bonds is 5. The first-order chi connectivity index (χ1) is 11.4. The molecule has 6 heteroatoms. The molecular formula is C18H20N2O4. The van der Waals surface area contributed by atoms with E-state index in [1.165, 1.54) is 19.1 Å². The van der Waals surface area contributed by atoms with Gasteiger partial charge in [-0.25, -0.2) is 0 Å². The lowest BCUT2D eigenvalue weighted by Gasteiger charge is -2.10. The fourth-order valence-corrected chi connectivity index (χ4v) is 2.35. The molecular weight excluding hydrogens is 308 g/mol. The zero-order valence-corrected chi connectivity index (χ0v) is 13.6. The third-order valence-corrected chi connectivity index (χ3v) is 3.56. The number of carbonyl (C=O) groups is 2. The minimum Gasteiger partial charge on any atom is -0.504 e. The number of aromatic hydroxyl groups is 2. The van der Waals surface area contributed by atoms with Crippen LogP contribution in [-0.4, -0.2) is 28.6 Å². The number of hydrogen-bond donors (Lipinski definition) is 4. The standard InChI is InChI=1S/C18H20N2O4/c1-11-8-16(22)17(23)10-13(11)6-7-19-18(24)14-4-3-5-15(9-14)20-12(2)21/h3-5,8-10,22-23H,6-7H2,1-2H3,(H,19,24)(H,20,21). The zero-order chi connectivity index (χ0) is 17.7. The quantitative estimate of drug-likeness (QED) is 0.633. The second-order valence-corrected chi connectivity index (χ2v) is 5.54. The predicted molar refractivity (Wildman–Crippen MR) is 91.3 cm³/mol. The first-order valence-corrected chi connectivity index (χ1v) is 7.54. The van der Waals surface area contributed by atoms with E-state index >= 15 is 0 Å². The number of benzene rings is 2. The van der Waals surface area contributed by atoms with Gasteiger partial charge in [0.2, 0.25) is 5.91 Å². The van der Waals surface area contributed by atoms with Crippen LogP contribution in [0.25, 0.3) is 0 Å². The summed E-state index contributed by atoms with van der Waals surface area (Å²) in [5.74, 6) is -0.780. The van der Waals surface area contributed by atoms with E-state index in [0.29, 0.717) is 24.2 Å². The molecule has 0 aliphatic rings. The van der Waals surface area contributed by atoms with Crippen LogP contribution in [0.3, 0.4) is 0 Å². The summed E-state index contributed by atoms with van der Waals surface area (Å²) < 4.78 is 0. The Labute approximate surface area is 140 Å². The van der Waals surface area contributed by atoms with Gasteiger partial charge in [-0.15, -0.1) is 0 Å². The van der Waals surface area contributed by atoms with Crippen LogP contribution in [0.4, 0.5) is 5.69 Å². The molecule has 4 N–H and O–H groups in total. The Kier molecular flexibility index (Phi) is 5.42. The van der Waals surface area contributed by atoms with Gasteiger partial charge in [0.25, 0.3) is 5.91 Å². The highest BCUT2D eigenvalue weighted by atomic mass is 16.3. The summed E-state index contributed by atoms with van der Waals surface area (Å²) in [4.78, 5) is 23.2. The van der Waals surface area contributed by atoms with Crippen molar-refractivity contribution in [3.05, 3.63) is 53.1 Å². The second-order valence-electron chi connectivity index (χ2n) is 5.54. The Balaban J connectivity index is 1.96. The van der Waals surface area contributed by atoms with E-state index in [0.717, 1.165) is 11.1 Å². The number of carbonyl (C=O) groups excluding carboxylic acids is 2. The molecule has 0 aromatic heterocycles. The van der Waals surface area contributed by atoms with Crippen molar-refractivity contribution in [3.63, 3.8) is 0 Å². The Morgan fingerprint density at radius 3 is 2.50 bits per heavy atom. The van der Waals surface area contributed by atoms with Gasteiger partial charge in [-0.2, -0.15) is 0 Å². The topological polar surface area (TPSA) is 98.7 Å². The molecule has 0 saturated heterocycles. The Hall–Kier alpha value is -3.02. The maximum Gasteiger partial charge on any atom is 0.251 e. The van der Waals surface area contributed by atoms with E-state index in [1.54, 1.807) is 24.3 Å². The van der Waals surface area contributed by atoms with Gasteiger partial charge in [0.15, 0.2) is 11.5 Å². The smallest absolute Gasteiger partial charge is 0.251 e. The molecule has 0 spiro atoms. The molecule has 0 saturated carbocycles. The first-order valence-electron chi connectivity index (χ1n) is 7.54. The van der Waals surface area contributed by atoms with Crippen molar-refractivity contribution in [2.45, 2.75) is 20.3 Å². The number of anilines is 1. The van der Waals surface area contributed by atoms with Crippen molar-refractivity contribution in [1.82, 2.24) is 5.32 Å². The highest BCUT2D eigenvalue weighted by Crippen LogP contribution is 2.28. The molecule has 0 aliphatic carbocycles. The fraction of sp³-hybridized carbons (Fsp3) is 0.222. The van der Waals surface area contributed by atoms with Crippen LogP contribution in [0.5, 0.6) is 11.5 Å². The van der Waals surface area contributed by atoms with Crippen molar-refractivity contribution >= 4 is 17.5 Å². The summed E-state index contributed by atoms with van der Waals surface area (Å²) in [6, 6.07) is 9.66. The Bertz CT molecular complexity index is 772. The van der Waals surface area contributed by atoms with Crippen LogP contribution < -0.4 is 10.6 Å². The second kappa shape index (κ2) is 7.50. The third kappa shape index (κ3) is 4.49. The lowest BCUT2D eigenvalue weighted by molar-refractivity contribution is -0.114. The molecule has 6 nitrogen and oxygen atoms in total. The van der Waals surface area contributed by atoms with Crippen LogP contribution >= 0.6 is 0 Å². The summed E-state index contributed by atoms with van der Waals surface area (Å²) in [5.41, 5.74) is 2.70. The summed E-state index contributed by atoms with van der Waals surface area (Å²) in [6.07, 6.45) is 0.525. The summed E-state index contributed by atoms with van der Waals surface area (Å²) >= 11 is 0. The summed E-state index contributed by atoms with van der Waals surface area (Å²) in [7, 11) is 0. The van der Waals surface area contributed by atoms with Crippen molar-refractivity contribution in [2.75, 3.05) is 11.9 Å². The minimum absolute atomic E-state index is 0.157. The van der Waals surface area contributed by atoms with Crippen molar-refractivity contribution in [3.8, 4) is 11.5 Å². The van der Waals surface area contributed by atoms with Crippen molar-refractivity contribution in [2.24, 2.45) is 0 Å². The molecule has 2 aromatic rings. The van der Waals surface area contributed by atoms with Crippen molar-refractivity contribution < 1.29 is 19.8 Å². The van der Waals surface area contributed by atoms with E-state index in [4.69, 9.17) is 0 Å². The molecule has 126 valence electrons. The Morgan fingerprint density at radius 2 is 1.79 bits per heavy atom. The molecule has 2 amide bonds. The van der Waals surface area contributed by atoms with Crippen molar-refractivity contribution in [1.29, 1.82) is 0 Å². The zero-order valence-electron chi connectivity index (χ0n) is 13.6. The van der Waals surface area contributed by atoms with E-state index < -0.39 is 0 Å². The van der Waals surface area contributed by atoms with E-state index in [1.807, 2.05) is 6.92 Å². The molecule has 2 rings (SSSR count). The van der Waals surface area contributed by atoms with Crippen LogP contribution in [0, 0.1) is 6.92 Å². The van der Waals surface area contributed by atoms with Crippen LogP contribution in [0.1, 0.15) is 28.4 Å². The molecule has 0 fully saturated rings. The normalized spacial score (nSPS) is 10.2. The molecule has 0 heterocycles. The number of nitrogens with one attached hydrogen (secondary N) is 2. The maximum atomic E-state index is 12.2. The SMILES string of the molecule is CC(=O)Nc1cccc(C(=O)NCCc2cc(O)c(O)cc2C)c1. The highest BCUT2D eigenvalue weighted by Gasteiger charge is 2.09. The number of amides is 2. The van der Waals surface area contributed by atoms with Gasteiger partial charge in [-0.1, -0.05) is 6.07 Å². The first kappa shape index (κ1) is 17.3. The monoisotopic (exact) mass is 328 g/mol. The van der Waals surface area contributed by atoms with E-state index in [2.05, 4.69) is 10.6 Å². The van der Waals surface area contributed by atoms with Gasteiger partial charge >= 0.3 is 0 Å². The van der Waals surface area contributed by atoms with Gasteiger partial charge in [0.05, 0.1) is 0 Å². The minimum atomic E-state index is -0.247. The molecule has 2 aromatic carbocycles. The van der Waals surface area contributed by atoms with Crippen LogP contribution in [0.2, 0.25) is 0 Å². The largest absolute Gasteiger partial charge is 0.504 e. The molecule has 24 heavy (non-hydrogen) atoms. The molecule has 0 radical (unpaired) electrons. The van der Waals surface area contributed by atoms with Gasteiger partial charge in [0.1, 0.15) is 0 Å². The van der Waals surface area contributed by atoms with Gasteiger partial charge in [-0.05, 0) is 54.8 Å². The van der Waals surface area contributed by atoms with Gasteiger partial charge in [-0.3, -0.25) is 9.59 Å². The number of phenols is 2. The number of aryl methyl sites for hydroxylation is 1. The molecule has 0 bridgehead atoms. The highest BCUT2D eigenvalue weighted by molar-refractivity contribution is 5.96. The lowest BCUT2D eigenvalue weighted by Crippen LogP contribution is -2.26. The Morgan fingerprint density at radius 1 is 1.08 bits per heavy atom. The average molecular weight is 328 g/mol. The average Bonchev–Trinajstić information content (AvgIpc) is 2.51. The number of hydrogen-bond acceptors (Lipinski definition) is 4. The van der Waals surface area contributed by atoms with E-state index in [9.17, 15) is 19.8 Å². The van der Waals surface area contributed by atoms with E-state index in [-0.39, 0.29) is 23.3 Å². The van der Waals surface area contributed by atoms with Crippen LogP contribution in [0.15, 0.2) is 36.4 Å². The summed E-state index contributed by atoms with van der Waals surface area (Å²) in [6.45, 7) is 3.61. The predicted octanol–water partition coefficient (Wildman–Crippen LogP) is 2.34. The van der Waals surface area contributed by atoms with Crippen LogP contribution in [-0.2, 0) is 11.2 Å². The molecule has 0 atom stereocenters. The third-order valence-electron chi connectivity index (χ3n) is 3.56. The molecule has 0 unspecified atom stereocenters. The summed E-state index contributed by atoms with van der Waals surface area (Å²) in [5, 5.41) is 24.4. The van der Waals surface area contributed by atoms with Gasteiger partial charge < -0.3 is 20.8 Å².